The van der Waals surface area contributed by atoms with Crippen molar-refractivity contribution in [2.75, 3.05) is 0 Å². The Morgan fingerprint density at radius 2 is 0.585 bits per heavy atom. The maximum atomic E-state index is 5.17. The van der Waals surface area contributed by atoms with Crippen molar-refractivity contribution in [3.63, 3.8) is 0 Å². The first-order valence-electron chi connectivity index (χ1n) is 13.5. The Morgan fingerprint density at radius 3 is 0.854 bits per heavy atom. The van der Waals surface area contributed by atoms with E-state index in [0.717, 1.165) is 88.6 Å². The normalized spacial score (nSPS) is 11.7. The van der Waals surface area contributed by atoms with E-state index < -0.39 is 0 Å². The van der Waals surface area contributed by atoms with Crippen LogP contribution in [0, 0.1) is 0 Å². The summed E-state index contributed by atoms with van der Waals surface area (Å²) in [6, 6.07) is 42.7. The van der Waals surface area contributed by atoms with E-state index in [1.165, 1.54) is 0 Å². The zero-order valence-electron chi connectivity index (χ0n) is 21.8. The van der Waals surface area contributed by atoms with Crippen LogP contribution in [0.15, 0.2) is 121 Å². The summed E-state index contributed by atoms with van der Waals surface area (Å²) < 4.78 is 0. The van der Waals surface area contributed by atoms with Gasteiger partial charge >= 0.3 is 21.1 Å². The Kier molecular flexibility index (Phi) is 5.35. The average molecular weight is 706 g/mol. The Bertz CT molecular complexity index is 2020. The monoisotopic (exact) mass is 705 g/mol. The van der Waals surface area contributed by atoms with Gasteiger partial charge in [0.25, 0.3) is 0 Å². The number of hydrogen-bond donors (Lipinski definition) is 2. The van der Waals surface area contributed by atoms with Gasteiger partial charge in [-0.1, -0.05) is 97.1 Å². The molecule has 0 saturated carbocycles. The van der Waals surface area contributed by atoms with Gasteiger partial charge in [0.1, 0.15) is 0 Å². The van der Waals surface area contributed by atoms with Gasteiger partial charge in [-0.05, 0) is 24.3 Å². The van der Waals surface area contributed by atoms with Crippen LogP contribution in [0.5, 0.6) is 0 Å². The Hall–Kier alpha value is -4.79. The molecule has 3 aromatic heterocycles. The van der Waals surface area contributed by atoms with Crippen LogP contribution in [-0.2, 0) is 21.1 Å². The molecule has 0 aliphatic carbocycles. The van der Waals surface area contributed by atoms with Crippen LogP contribution >= 0.6 is 0 Å². The summed E-state index contributed by atoms with van der Waals surface area (Å²) in [4.78, 5) is 17.8. The van der Waals surface area contributed by atoms with Gasteiger partial charge in [-0.3, -0.25) is 0 Å². The van der Waals surface area contributed by atoms with Gasteiger partial charge in [0, 0.05) is 65.9 Å². The molecule has 0 spiro atoms. The van der Waals surface area contributed by atoms with Crippen LogP contribution < -0.4 is 0 Å². The number of rotatable bonds is 0. The number of aromatic amines is 2. The van der Waals surface area contributed by atoms with Crippen LogP contribution in [-0.4, -0.2) is 19.9 Å². The van der Waals surface area contributed by atoms with Gasteiger partial charge in [-0.2, -0.15) is 0 Å². The van der Waals surface area contributed by atoms with E-state index in [9.17, 15) is 0 Å². The van der Waals surface area contributed by atoms with Crippen molar-refractivity contribution in [2.45, 2.75) is 0 Å². The van der Waals surface area contributed by atoms with Crippen molar-refractivity contribution < 1.29 is 21.1 Å². The van der Waals surface area contributed by atoms with E-state index in [1.54, 1.807) is 0 Å². The summed E-state index contributed by atoms with van der Waals surface area (Å²) in [7, 11) is 0. The average Bonchev–Trinajstić information content (AvgIpc) is 3.73. The van der Waals surface area contributed by atoms with Crippen molar-refractivity contribution in [1.29, 1.82) is 0 Å². The molecule has 0 fully saturated rings. The fraction of sp³-hybridized carbons (Fsp3) is 0. The zero-order valence-corrected chi connectivity index (χ0v) is 24.0. The molecule has 0 saturated heterocycles. The minimum atomic E-state index is 0. The molecule has 7 aromatic rings. The molecule has 194 valence electrons. The molecule has 0 atom stereocenters. The van der Waals surface area contributed by atoms with Crippen LogP contribution in [0.3, 0.4) is 0 Å². The molecule has 8 bridgehead atoms. The number of aromatic nitrogens is 4. The van der Waals surface area contributed by atoms with Crippen molar-refractivity contribution in [2.24, 2.45) is 0 Å². The number of hydrogen-bond acceptors (Lipinski definition) is 2. The number of fused-ring (bicyclic) bond motifs is 20. The van der Waals surface area contributed by atoms with Crippen molar-refractivity contribution in [3.05, 3.63) is 121 Å². The molecule has 0 unspecified atom stereocenters. The van der Waals surface area contributed by atoms with Crippen molar-refractivity contribution >= 4 is 43.6 Å². The van der Waals surface area contributed by atoms with E-state index in [-0.39, 0.29) is 21.1 Å². The quantitative estimate of drug-likeness (QED) is 0.165. The topological polar surface area (TPSA) is 57.4 Å². The summed E-state index contributed by atoms with van der Waals surface area (Å²) in [5.41, 5.74) is 12.5. The molecular weight excluding hydrogens is 684 g/mol. The van der Waals surface area contributed by atoms with Gasteiger partial charge in [0.05, 0.1) is 22.8 Å². The third-order valence-electron chi connectivity index (χ3n) is 8.12. The fourth-order valence-corrected chi connectivity index (χ4v) is 6.27. The van der Waals surface area contributed by atoms with E-state index in [1.807, 2.05) is 0 Å². The van der Waals surface area contributed by atoms with Gasteiger partial charge in [-0.25, -0.2) is 9.97 Å². The SMILES string of the molecule is [Pt+2].c1ccc2c(c1)-c1cc3[nH]c(cc4nc(cc5[nH]c(cc-2n1)c1ccccc51)-c1ccccc1-4)c1ccccc31. The molecule has 2 N–H and O–H groups in total. The standard InChI is InChI=1S/C36H22N4.Pt/c1-2-10-22-21(9-1)29-17-31-23-11-3-4-12-24(23)33(38-31)19-35-27-15-7-8-16-28(27)36(40-35)20-34-26-14-6-5-13-25(26)32(39-34)18-30(22)37-29;/h1-20,37,40H;/q;+2. The third kappa shape index (κ3) is 3.65. The Morgan fingerprint density at radius 1 is 0.341 bits per heavy atom. The molecule has 9 rings (SSSR count). The van der Waals surface area contributed by atoms with Gasteiger partial charge in [0.15, 0.2) is 0 Å². The molecule has 0 radical (unpaired) electrons. The number of nitrogens with zero attached hydrogens (tertiary/aromatic N) is 2. The van der Waals surface area contributed by atoms with Crippen LogP contribution in [0.1, 0.15) is 0 Å². The molecule has 5 heterocycles. The van der Waals surface area contributed by atoms with E-state index in [4.69, 9.17) is 9.97 Å². The Labute approximate surface area is 250 Å². The summed E-state index contributed by atoms with van der Waals surface area (Å²) in [6.45, 7) is 0. The first-order valence-corrected chi connectivity index (χ1v) is 13.5. The van der Waals surface area contributed by atoms with Gasteiger partial charge in [0.2, 0.25) is 0 Å². The second-order valence-electron chi connectivity index (χ2n) is 10.4. The molecule has 4 nitrogen and oxygen atoms in total. The van der Waals surface area contributed by atoms with E-state index >= 15 is 0 Å². The number of H-pyrrole nitrogens is 2. The molecule has 5 heteroatoms. The second kappa shape index (κ2) is 9.12. The molecule has 2 aliphatic rings. The number of benzene rings is 4. The zero-order chi connectivity index (χ0) is 26.2. The minimum Gasteiger partial charge on any atom is -0.354 e. The summed E-state index contributed by atoms with van der Waals surface area (Å²) in [5, 5.41) is 4.66. The smallest absolute Gasteiger partial charge is 0.354 e. The van der Waals surface area contributed by atoms with Gasteiger partial charge in [-0.15, -0.1) is 0 Å². The fourth-order valence-electron chi connectivity index (χ4n) is 6.27. The van der Waals surface area contributed by atoms with Crippen LogP contribution in [0.2, 0.25) is 0 Å². The first-order chi connectivity index (χ1) is 19.8. The second-order valence-corrected chi connectivity index (χ2v) is 10.4. The maximum Gasteiger partial charge on any atom is 2.00 e. The third-order valence-corrected chi connectivity index (χ3v) is 8.12. The predicted octanol–water partition coefficient (Wildman–Crippen LogP) is 9.29. The van der Waals surface area contributed by atoms with Crippen molar-refractivity contribution in [3.8, 4) is 45.0 Å². The molecule has 2 aliphatic heterocycles. The Balaban J connectivity index is 0.00000256. The first kappa shape index (κ1) is 24.0. The summed E-state index contributed by atoms with van der Waals surface area (Å²) in [6.07, 6.45) is 0. The molecule has 4 aromatic carbocycles. The predicted molar refractivity (Wildman–Crippen MR) is 165 cm³/mol. The largest absolute Gasteiger partial charge is 2.00 e. The molecule has 0 amide bonds. The maximum absolute atomic E-state index is 5.17. The van der Waals surface area contributed by atoms with Crippen molar-refractivity contribution in [1.82, 2.24) is 19.9 Å². The van der Waals surface area contributed by atoms with E-state index in [0.29, 0.717) is 0 Å². The van der Waals surface area contributed by atoms with Crippen LogP contribution in [0.25, 0.3) is 88.6 Å². The van der Waals surface area contributed by atoms with E-state index in [2.05, 4.69) is 131 Å². The van der Waals surface area contributed by atoms with Crippen LogP contribution in [0.4, 0.5) is 0 Å². The van der Waals surface area contributed by atoms with Gasteiger partial charge < -0.3 is 9.97 Å². The minimum absolute atomic E-state index is 0. The molecule has 41 heavy (non-hydrogen) atoms. The number of nitrogens with one attached hydrogen (secondary N) is 2. The molecular formula is C36H22N4Pt+2. The summed E-state index contributed by atoms with van der Waals surface area (Å²) in [5.74, 6) is 0. The summed E-state index contributed by atoms with van der Waals surface area (Å²) >= 11 is 0.